The van der Waals surface area contributed by atoms with Crippen molar-refractivity contribution in [2.45, 2.75) is 0 Å². The van der Waals surface area contributed by atoms with Gasteiger partial charge in [-0.1, -0.05) is 35.0 Å². The molecule has 0 aromatic heterocycles. The minimum atomic E-state index is 0.305. The lowest BCUT2D eigenvalue weighted by atomic mass is 10.2. The summed E-state index contributed by atoms with van der Waals surface area (Å²) in [6, 6.07) is 3.32. The Hall–Kier alpha value is -0.880. The van der Waals surface area contributed by atoms with Gasteiger partial charge in [-0.15, -0.1) is 0 Å². The summed E-state index contributed by atoms with van der Waals surface area (Å²) in [5.41, 5.74) is 11.9. The van der Waals surface area contributed by atoms with E-state index in [2.05, 4.69) is 11.8 Å². The normalized spacial score (nSPS) is 9.15. The van der Waals surface area contributed by atoms with E-state index in [1.807, 2.05) is 0 Å². The molecule has 13 heavy (non-hydrogen) atoms. The first-order valence-electron chi connectivity index (χ1n) is 3.58. The maximum absolute atomic E-state index is 5.79. The molecular weight excluding hydrogens is 207 g/mol. The summed E-state index contributed by atoms with van der Waals surface area (Å²) in [6.07, 6.45) is 0. The molecule has 0 unspecified atom stereocenters. The van der Waals surface area contributed by atoms with E-state index in [1.54, 1.807) is 12.1 Å². The molecule has 0 saturated carbocycles. The van der Waals surface area contributed by atoms with Crippen LogP contribution in [0.3, 0.4) is 0 Å². The zero-order chi connectivity index (χ0) is 9.84. The third-order valence-electron chi connectivity index (χ3n) is 1.41. The van der Waals surface area contributed by atoms with Gasteiger partial charge in [0.05, 0.1) is 22.3 Å². The SMILES string of the molecule is NCC#Cc1cc(Cl)c(N)c(Cl)c1. The molecule has 0 atom stereocenters. The van der Waals surface area contributed by atoms with Crippen LogP contribution in [0.4, 0.5) is 5.69 Å². The average molecular weight is 215 g/mol. The van der Waals surface area contributed by atoms with Gasteiger partial charge in [0.2, 0.25) is 0 Å². The topological polar surface area (TPSA) is 52.0 Å². The highest BCUT2D eigenvalue weighted by Gasteiger charge is 2.02. The predicted octanol–water partition coefficient (Wildman–Crippen LogP) is 1.89. The second-order valence-electron chi connectivity index (χ2n) is 2.36. The summed E-state index contributed by atoms with van der Waals surface area (Å²) < 4.78 is 0. The third kappa shape index (κ3) is 2.53. The lowest BCUT2D eigenvalue weighted by Gasteiger charge is -2.00. The molecule has 0 aliphatic heterocycles. The second kappa shape index (κ2) is 4.38. The van der Waals surface area contributed by atoms with Crippen molar-refractivity contribution in [1.29, 1.82) is 0 Å². The van der Waals surface area contributed by atoms with E-state index < -0.39 is 0 Å². The largest absolute Gasteiger partial charge is 0.396 e. The first kappa shape index (κ1) is 10.2. The number of hydrogen-bond donors (Lipinski definition) is 2. The smallest absolute Gasteiger partial charge is 0.0693 e. The van der Waals surface area contributed by atoms with Gasteiger partial charge in [0.15, 0.2) is 0 Å². The fourth-order valence-corrected chi connectivity index (χ4v) is 1.30. The van der Waals surface area contributed by atoms with Gasteiger partial charge in [-0.2, -0.15) is 0 Å². The summed E-state index contributed by atoms with van der Waals surface area (Å²) in [6.45, 7) is 0.305. The van der Waals surface area contributed by atoms with E-state index in [9.17, 15) is 0 Å². The lowest BCUT2D eigenvalue weighted by Crippen LogP contribution is -1.93. The van der Waals surface area contributed by atoms with E-state index in [-0.39, 0.29) is 0 Å². The van der Waals surface area contributed by atoms with Crippen molar-refractivity contribution in [2.24, 2.45) is 5.73 Å². The molecule has 0 bridgehead atoms. The highest BCUT2D eigenvalue weighted by molar-refractivity contribution is 6.39. The molecule has 0 spiro atoms. The Bertz CT molecular complexity index is 354. The highest BCUT2D eigenvalue weighted by Crippen LogP contribution is 2.28. The molecule has 0 saturated heterocycles. The first-order chi connectivity index (χ1) is 6.15. The number of nitrogens with two attached hydrogens (primary N) is 2. The molecule has 0 fully saturated rings. The Labute approximate surface area is 86.8 Å². The summed E-state index contributed by atoms with van der Waals surface area (Å²) in [5, 5.41) is 0.822. The molecule has 68 valence electrons. The van der Waals surface area contributed by atoms with Crippen LogP contribution in [-0.2, 0) is 0 Å². The molecule has 2 nitrogen and oxygen atoms in total. The maximum atomic E-state index is 5.79. The fraction of sp³-hybridized carbons (Fsp3) is 0.111. The number of nitrogen functional groups attached to an aromatic ring is 1. The zero-order valence-corrected chi connectivity index (χ0v) is 8.28. The Balaban J connectivity index is 3.13. The van der Waals surface area contributed by atoms with Gasteiger partial charge in [0, 0.05) is 5.56 Å². The van der Waals surface area contributed by atoms with Crippen LogP contribution in [-0.4, -0.2) is 6.54 Å². The van der Waals surface area contributed by atoms with Crippen LogP contribution in [0.5, 0.6) is 0 Å². The van der Waals surface area contributed by atoms with Crippen molar-refractivity contribution < 1.29 is 0 Å². The van der Waals surface area contributed by atoms with Crippen molar-refractivity contribution >= 4 is 28.9 Å². The zero-order valence-electron chi connectivity index (χ0n) is 6.77. The summed E-state index contributed by atoms with van der Waals surface area (Å²) in [7, 11) is 0. The van der Waals surface area contributed by atoms with Crippen molar-refractivity contribution in [1.82, 2.24) is 0 Å². The van der Waals surface area contributed by atoms with E-state index in [0.717, 1.165) is 5.56 Å². The Morgan fingerprint density at radius 3 is 2.23 bits per heavy atom. The third-order valence-corrected chi connectivity index (χ3v) is 2.04. The van der Waals surface area contributed by atoms with Gasteiger partial charge < -0.3 is 11.5 Å². The lowest BCUT2D eigenvalue weighted by molar-refractivity contribution is 1.30. The fourth-order valence-electron chi connectivity index (χ4n) is 0.810. The molecular formula is C9H8Cl2N2. The standard InChI is InChI=1S/C9H8Cl2N2/c10-7-4-6(2-1-3-12)5-8(11)9(7)13/h4-5H,3,12-13H2. The summed E-state index contributed by atoms with van der Waals surface area (Å²) >= 11 is 11.6. The molecule has 1 rings (SSSR count). The minimum Gasteiger partial charge on any atom is -0.396 e. The van der Waals surface area contributed by atoms with Crippen LogP contribution < -0.4 is 11.5 Å². The van der Waals surface area contributed by atoms with Crippen LogP contribution in [0.2, 0.25) is 10.0 Å². The summed E-state index contributed by atoms with van der Waals surface area (Å²) in [4.78, 5) is 0. The van der Waals surface area contributed by atoms with Gasteiger partial charge in [-0.05, 0) is 12.1 Å². The van der Waals surface area contributed by atoms with E-state index in [4.69, 9.17) is 34.7 Å². The monoisotopic (exact) mass is 214 g/mol. The van der Waals surface area contributed by atoms with E-state index >= 15 is 0 Å². The van der Waals surface area contributed by atoms with Crippen LogP contribution in [0.1, 0.15) is 5.56 Å². The van der Waals surface area contributed by atoms with Gasteiger partial charge in [0.25, 0.3) is 0 Å². The molecule has 4 N–H and O–H groups in total. The Morgan fingerprint density at radius 1 is 1.23 bits per heavy atom. The van der Waals surface area contributed by atoms with Gasteiger partial charge in [0.1, 0.15) is 0 Å². The molecule has 1 aromatic carbocycles. The molecule has 4 heteroatoms. The minimum absolute atomic E-state index is 0.305. The quantitative estimate of drug-likeness (QED) is 0.512. The van der Waals surface area contributed by atoms with Crippen LogP contribution in [0.25, 0.3) is 0 Å². The first-order valence-corrected chi connectivity index (χ1v) is 4.34. The maximum Gasteiger partial charge on any atom is 0.0693 e. The molecule has 0 aliphatic carbocycles. The van der Waals surface area contributed by atoms with E-state index in [1.165, 1.54) is 0 Å². The van der Waals surface area contributed by atoms with Crippen LogP contribution in [0, 0.1) is 11.8 Å². The van der Waals surface area contributed by atoms with Crippen molar-refractivity contribution in [2.75, 3.05) is 12.3 Å². The predicted molar refractivity (Wildman–Crippen MR) is 56.8 cm³/mol. The Morgan fingerprint density at radius 2 is 1.77 bits per heavy atom. The van der Waals surface area contributed by atoms with Crippen LogP contribution in [0.15, 0.2) is 12.1 Å². The number of anilines is 1. The van der Waals surface area contributed by atoms with E-state index in [0.29, 0.717) is 22.3 Å². The average Bonchev–Trinajstić information content (AvgIpc) is 2.10. The number of halogens is 2. The van der Waals surface area contributed by atoms with Gasteiger partial charge >= 0.3 is 0 Å². The van der Waals surface area contributed by atoms with Gasteiger partial charge in [-0.25, -0.2) is 0 Å². The van der Waals surface area contributed by atoms with Crippen molar-refractivity contribution in [3.05, 3.63) is 27.7 Å². The Kier molecular flexibility index (Phi) is 3.44. The molecule has 0 aliphatic rings. The number of benzene rings is 1. The van der Waals surface area contributed by atoms with Crippen molar-refractivity contribution in [3.63, 3.8) is 0 Å². The molecule has 1 aromatic rings. The number of hydrogen-bond acceptors (Lipinski definition) is 2. The molecule has 0 heterocycles. The van der Waals surface area contributed by atoms with Crippen LogP contribution >= 0.6 is 23.2 Å². The van der Waals surface area contributed by atoms with Crippen molar-refractivity contribution in [3.8, 4) is 11.8 Å². The molecule has 0 amide bonds. The number of rotatable bonds is 0. The highest BCUT2D eigenvalue weighted by atomic mass is 35.5. The van der Waals surface area contributed by atoms with Gasteiger partial charge in [-0.3, -0.25) is 0 Å². The second-order valence-corrected chi connectivity index (χ2v) is 3.17. The summed E-state index contributed by atoms with van der Waals surface area (Å²) in [5.74, 6) is 5.51. The molecule has 0 radical (unpaired) electrons.